The van der Waals surface area contributed by atoms with Gasteiger partial charge in [-0.15, -0.1) is 0 Å². The van der Waals surface area contributed by atoms with E-state index < -0.39 is 0 Å². The molecule has 2 aliphatic rings. The average molecular weight is 1480 g/mol. The molecule has 0 fully saturated rings. The van der Waals surface area contributed by atoms with Crippen LogP contribution in [0.2, 0.25) is 0 Å². The second-order valence-corrected chi connectivity index (χ2v) is 32.7. The number of furan rings is 2. The van der Waals surface area contributed by atoms with Crippen LogP contribution < -0.4 is 0 Å². The van der Waals surface area contributed by atoms with Crippen molar-refractivity contribution in [2.75, 3.05) is 0 Å². The maximum Gasteiger partial charge on any atom is 0.135 e. The molecule has 2 heteroatoms. The van der Waals surface area contributed by atoms with Gasteiger partial charge in [-0.1, -0.05) is 380 Å². The molecule has 0 aliphatic heterocycles. The molecule has 0 N–H and O–H groups in total. The Morgan fingerprint density at radius 1 is 0.164 bits per heavy atom. The third kappa shape index (κ3) is 10.3. The van der Waals surface area contributed by atoms with Gasteiger partial charge in [-0.25, -0.2) is 0 Å². The van der Waals surface area contributed by atoms with Crippen LogP contribution in [0, 0.1) is 0 Å². The average Bonchev–Trinajstić information content (AvgIpc) is 1.53. The summed E-state index contributed by atoms with van der Waals surface area (Å²) in [5.74, 6) is 0. The van der Waals surface area contributed by atoms with E-state index in [4.69, 9.17) is 8.83 Å². The first kappa shape index (κ1) is 67.3. The van der Waals surface area contributed by atoms with E-state index in [1.165, 1.54) is 198 Å². The van der Waals surface area contributed by atoms with Gasteiger partial charge in [0.05, 0.1) is 0 Å². The molecular weight excluding hydrogens is 1400 g/mol. The highest BCUT2D eigenvalue weighted by Gasteiger charge is 2.40. The zero-order valence-electron chi connectivity index (χ0n) is 64.8. The summed E-state index contributed by atoms with van der Waals surface area (Å²) in [6.07, 6.45) is 0. The van der Waals surface area contributed by atoms with Crippen LogP contribution in [0.3, 0.4) is 0 Å². The Labute approximate surface area is 673 Å². The van der Waals surface area contributed by atoms with Gasteiger partial charge in [0.2, 0.25) is 0 Å². The molecule has 0 radical (unpaired) electrons. The summed E-state index contributed by atoms with van der Waals surface area (Å²) in [7, 11) is 0. The van der Waals surface area contributed by atoms with Gasteiger partial charge in [0.1, 0.15) is 22.3 Å². The fourth-order valence-corrected chi connectivity index (χ4v) is 20.5. The van der Waals surface area contributed by atoms with Crippen LogP contribution in [-0.4, -0.2) is 0 Å². The van der Waals surface area contributed by atoms with Gasteiger partial charge < -0.3 is 8.83 Å². The van der Waals surface area contributed by atoms with Crippen LogP contribution >= 0.6 is 0 Å². The van der Waals surface area contributed by atoms with Gasteiger partial charge >= 0.3 is 0 Å². The lowest BCUT2D eigenvalue weighted by Crippen LogP contribution is -2.16. The molecule has 2 aliphatic carbocycles. The molecule has 0 unspecified atom stereocenters. The number of benzene rings is 20. The van der Waals surface area contributed by atoms with Gasteiger partial charge in [0, 0.05) is 32.4 Å². The van der Waals surface area contributed by atoms with E-state index in [-0.39, 0.29) is 10.8 Å². The van der Waals surface area contributed by atoms with Crippen molar-refractivity contribution in [3.05, 3.63) is 411 Å². The zero-order chi connectivity index (χ0) is 77.1. The highest BCUT2D eigenvalue weighted by molar-refractivity contribution is 6.24. The predicted molar refractivity (Wildman–Crippen MR) is 491 cm³/mol. The molecule has 0 bridgehead atoms. The van der Waals surface area contributed by atoms with Crippen molar-refractivity contribution in [3.63, 3.8) is 0 Å². The van der Waals surface area contributed by atoms with E-state index in [0.29, 0.717) is 0 Å². The monoisotopic (exact) mass is 1480 g/mol. The first-order valence-electron chi connectivity index (χ1n) is 40.5. The standard InChI is InChI=1S/2C57H38O/c1-57(2)50-32-30-36-12-3-4-13-41(36)55(50)48-20-11-19-42(56(48)57)37-24-28-39(29-25-37)54-46-17-7-5-15-44(46)53(45-16-6-8-18-47(45)54)38-26-22-35(23-27-38)40-31-33-52-49(34-40)43-14-9-10-21-51(43)58-52;1-57(2)50-32-30-35-14-3-4-16-40(35)55(50)48-24-13-23-41(56(48)57)36-26-28-37(29-27-36)53-44-19-7-9-21-46(44)54(47-22-10-8-20-45(47)53)43-18-6-5-15-39(43)38-31-33-52-49(34-38)42-17-11-12-25-51(42)58-52/h2*3-34H,1-2H3. The molecule has 20 aromatic carbocycles. The van der Waals surface area contributed by atoms with Crippen LogP contribution in [0.4, 0.5) is 0 Å². The number of rotatable bonds is 8. The number of hydrogen-bond donors (Lipinski definition) is 0. The minimum atomic E-state index is -0.124. The summed E-state index contributed by atoms with van der Waals surface area (Å²) in [5.41, 5.74) is 34.3. The third-order valence-corrected chi connectivity index (χ3v) is 25.7. The molecule has 0 atom stereocenters. The van der Waals surface area contributed by atoms with Crippen molar-refractivity contribution < 1.29 is 8.83 Å². The first-order chi connectivity index (χ1) is 57.1. The molecule has 2 heterocycles. The molecule has 0 amide bonds. The van der Waals surface area contributed by atoms with E-state index in [2.05, 4.69) is 392 Å². The van der Waals surface area contributed by atoms with Gasteiger partial charge in [-0.05, 0) is 235 Å². The lowest BCUT2D eigenvalue weighted by Gasteiger charge is -2.25. The highest BCUT2D eigenvalue weighted by atomic mass is 16.3. The Morgan fingerprint density at radius 3 is 0.862 bits per heavy atom. The van der Waals surface area contributed by atoms with Crippen molar-refractivity contribution in [2.45, 2.75) is 38.5 Å². The van der Waals surface area contributed by atoms with E-state index in [0.717, 1.165) is 43.9 Å². The fourth-order valence-electron chi connectivity index (χ4n) is 20.5. The lowest BCUT2D eigenvalue weighted by molar-refractivity contribution is 0.662. The fraction of sp³-hybridized carbons (Fsp3) is 0.0526. The Balaban J connectivity index is 0.000000137. The quantitative estimate of drug-likeness (QED) is 0.142. The second kappa shape index (κ2) is 26.1. The Morgan fingerprint density at radius 2 is 0.448 bits per heavy atom. The summed E-state index contributed by atoms with van der Waals surface area (Å²) in [6, 6.07) is 143. The maximum absolute atomic E-state index is 6.22. The normalized spacial score (nSPS) is 13.1. The van der Waals surface area contributed by atoms with Gasteiger partial charge in [-0.3, -0.25) is 0 Å². The van der Waals surface area contributed by atoms with Crippen molar-refractivity contribution in [3.8, 4) is 111 Å². The molecule has 0 spiro atoms. The molecule has 0 saturated heterocycles. The van der Waals surface area contributed by atoms with Crippen LogP contribution in [0.25, 0.3) is 220 Å². The molecular formula is C114H76O2. The van der Waals surface area contributed by atoms with Crippen molar-refractivity contribution >= 4 is 109 Å². The summed E-state index contributed by atoms with van der Waals surface area (Å²) in [6.45, 7) is 9.55. The van der Waals surface area contributed by atoms with Crippen LogP contribution in [0.5, 0.6) is 0 Å². The zero-order valence-corrected chi connectivity index (χ0v) is 64.8. The van der Waals surface area contributed by atoms with E-state index >= 15 is 0 Å². The van der Waals surface area contributed by atoms with Gasteiger partial charge in [0.15, 0.2) is 0 Å². The molecule has 2 aromatic heterocycles. The summed E-state index contributed by atoms with van der Waals surface area (Å²) < 4.78 is 12.3. The van der Waals surface area contributed by atoms with Crippen LogP contribution in [-0.2, 0) is 10.8 Å². The first-order valence-corrected chi connectivity index (χ1v) is 40.5. The molecule has 116 heavy (non-hydrogen) atoms. The Kier molecular flexibility index (Phi) is 15.1. The largest absolute Gasteiger partial charge is 0.456 e. The van der Waals surface area contributed by atoms with Crippen molar-refractivity contribution in [1.82, 2.24) is 0 Å². The molecule has 0 saturated carbocycles. The highest BCUT2D eigenvalue weighted by Crippen LogP contribution is 2.58. The minimum absolute atomic E-state index is 0.118. The SMILES string of the molecule is CC1(C)c2ccc3ccccc3c2-c2cccc(-c3ccc(-c4c5ccccc5c(-c5ccc(-c6ccc7oc8ccccc8c7c6)cc5)c5ccccc45)cc3)c21.CC1(C)c2ccc3ccccc3c2-c2cccc(-c3ccc(-c4c5ccccc5c(-c5ccccc5-c5ccc6oc7ccccc7c6c5)c5ccccc45)cc3)c21. The summed E-state index contributed by atoms with van der Waals surface area (Å²) in [4.78, 5) is 0. The van der Waals surface area contributed by atoms with E-state index in [1.54, 1.807) is 0 Å². The molecule has 22 aromatic rings. The minimum Gasteiger partial charge on any atom is -0.456 e. The van der Waals surface area contributed by atoms with Gasteiger partial charge in [0.25, 0.3) is 0 Å². The van der Waals surface area contributed by atoms with Crippen molar-refractivity contribution in [1.29, 1.82) is 0 Å². The topological polar surface area (TPSA) is 26.3 Å². The Hall–Kier alpha value is -14.4. The number of hydrogen-bond acceptors (Lipinski definition) is 2. The van der Waals surface area contributed by atoms with Crippen LogP contribution in [0.15, 0.2) is 397 Å². The molecule has 2 nitrogen and oxygen atoms in total. The lowest BCUT2D eigenvalue weighted by atomic mass is 9.78. The number of fused-ring (bicyclic) bond motifs is 20. The molecule has 24 rings (SSSR count). The van der Waals surface area contributed by atoms with Crippen LogP contribution in [0.1, 0.15) is 49.9 Å². The van der Waals surface area contributed by atoms with E-state index in [9.17, 15) is 0 Å². The van der Waals surface area contributed by atoms with Crippen molar-refractivity contribution in [2.24, 2.45) is 0 Å². The maximum atomic E-state index is 6.22. The summed E-state index contributed by atoms with van der Waals surface area (Å²) >= 11 is 0. The smallest absolute Gasteiger partial charge is 0.135 e. The Bertz CT molecular complexity index is 7740. The second-order valence-electron chi connectivity index (χ2n) is 32.7. The van der Waals surface area contributed by atoms with E-state index in [1.807, 2.05) is 24.3 Å². The predicted octanol–water partition coefficient (Wildman–Crippen LogP) is 32.0. The third-order valence-electron chi connectivity index (χ3n) is 25.7. The number of para-hydroxylation sites is 2. The molecule has 544 valence electrons. The summed E-state index contributed by atoms with van der Waals surface area (Å²) in [5, 5.41) is 19.8. The van der Waals surface area contributed by atoms with Gasteiger partial charge in [-0.2, -0.15) is 0 Å².